The molecule has 16 nitrogen and oxygen atoms in total. The van der Waals surface area contributed by atoms with Crippen molar-refractivity contribution in [2.75, 3.05) is 17.2 Å². The fourth-order valence-corrected chi connectivity index (χ4v) is 8.00. The number of anilines is 1. The maximum absolute atomic E-state index is 13.4. The lowest BCUT2D eigenvalue weighted by molar-refractivity contribution is -0.151. The van der Waals surface area contributed by atoms with Crippen molar-refractivity contribution >= 4 is 75.0 Å². The van der Waals surface area contributed by atoms with Crippen molar-refractivity contribution in [1.29, 1.82) is 0 Å². The Kier molecular flexibility index (Phi) is 8.12. The molecule has 1 saturated heterocycles. The van der Waals surface area contributed by atoms with Crippen LogP contribution in [0.15, 0.2) is 38.0 Å². The van der Waals surface area contributed by atoms with Crippen LogP contribution in [0.2, 0.25) is 0 Å². The second kappa shape index (κ2) is 11.6. The summed E-state index contributed by atoms with van der Waals surface area (Å²) in [7, 11) is 0. The van der Waals surface area contributed by atoms with Gasteiger partial charge >= 0.3 is 5.97 Å². The van der Waals surface area contributed by atoms with E-state index in [9.17, 15) is 39.4 Å². The van der Waals surface area contributed by atoms with Gasteiger partial charge in [-0.05, 0) is 12.5 Å². The average molecular weight is 653 g/mol. The third-order valence-electron chi connectivity index (χ3n) is 6.04. The number of aromatic hydroxyl groups is 1. The number of nitrogens with two attached hydrogens (primary N) is 1. The van der Waals surface area contributed by atoms with Crippen molar-refractivity contribution in [2.24, 2.45) is 0 Å². The average Bonchev–Trinajstić information content (AvgIpc) is 3.57. The van der Waals surface area contributed by atoms with Gasteiger partial charge in [0, 0.05) is 23.0 Å². The minimum Gasteiger partial charge on any atom is -0.503 e. The minimum atomic E-state index is -1.51. The first-order chi connectivity index (χ1) is 19.9. The molecule has 2 aliphatic heterocycles. The quantitative estimate of drug-likeness (QED) is 0.101. The first-order valence-electron chi connectivity index (χ1n) is 11.7. The molecule has 3 amide bonds. The van der Waals surface area contributed by atoms with Crippen molar-refractivity contribution in [3.8, 4) is 5.75 Å². The van der Waals surface area contributed by atoms with Crippen LogP contribution in [0.5, 0.6) is 5.75 Å². The third-order valence-corrected chi connectivity index (χ3v) is 10.1. The molecule has 0 aromatic carbocycles. The number of thiazole rings is 1. The topological polar surface area (TPSA) is 243 Å². The summed E-state index contributed by atoms with van der Waals surface area (Å²) in [5.74, 6) is -4.12. The molecule has 1 unspecified atom stereocenters. The molecule has 0 spiro atoms. The monoisotopic (exact) mass is 652 g/mol. The Labute approximate surface area is 251 Å². The van der Waals surface area contributed by atoms with E-state index in [4.69, 9.17) is 5.73 Å². The largest absolute Gasteiger partial charge is 0.503 e. The first-order valence-corrected chi connectivity index (χ1v) is 15.5. The van der Waals surface area contributed by atoms with Crippen molar-refractivity contribution in [3.63, 3.8) is 0 Å². The predicted octanol–water partition coefficient (Wildman–Crippen LogP) is -0.00818. The second-order valence-electron chi connectivity index (χ2n) is 8.80. The molecule has 3 atom stereocenters. The van der Waals surface area contributed by atoms with Gasteiger partial charge in [-0.3, -0.25) is 24.1 Å². The standard InChI is InChI=1S/C22H20N8O8S4/c1-7-27-28-22(42-7)41-5-8-4-39-19-14(18(35)30(19)15(8)20(36)37)26-17(34)13(9-6-40-21(23)24-9)25-16(33)10-2-11(31)12(32)3-29(10)38/h2-3,6,13-14,19,32,38H,4-5H2,1H3,(H2,23,24)(H,25,33)(H,26,34)(H,36,37)/t13?,14-,19-/m1/s1. The summed E-state index contributed by atoms with van der Waals surface area (Å²) in [5, 5.41) is 43.7. The number of pyridine rings is 1. The molecule has 3 aromatic heterocycles. The van der Waals surface area contributed by atoms with Crippen LogP contribution in [0.3, 0.4) is 0 Å². The number of amides is 3. The van der Waals surface area contributed by atoms with E-state index in [1.807, 2.05) is 0 Å². The molecule has 3 aromatic rings. The number of nitrogen functional groups attached to an aromatic ring is 1. The molecule has 0 radical (unpaired) electrons. The van der Waals surface area contributed by atoms with Gasteiger partial charge in [0.1, 0.15) is 27.8 Å². The SMILES string of the molecule is Cc1nnc(SCC2=C(C(=O)O)N3C(=O)[C@@H](NC(=O)C(NC(=O)c4cc(=O)c(O)cn4O)c4csc(N)n4)[C@H]3SC2)s1. The van der Waals surface area contributed by atoms with Crippen molar-refractivity contribution in [2.45, 2.75) is 28.7 Å². The fourth-order valence-electron chi connectivity index (χ4n) is 4.11. The molecule has 7 N–H and O–H groups in total. The van der Waals surface area contributed by atoms with Crippen LogP contribution in [-0.2, 0) is 14.4 Å². The number of carbonyl (C=O) groups excluding carboxylic acids is 3. The van der Waals surface area contributed by atoms with E-state index in [0.717, 1.165) is 21.2 Å². The Balaban J connectivity index is 1.33. The summed E-state index contributed by atoms with van der Waals surface area (Å²) >= 11 is 4.93. The number of β-lactam (4-membered cyclic amide) rings is 1. The van der Waals surface area contributed by atoms with Crippen LogP contribution in [0.4, 0.5) is 5.13 Å². The van der Waals surface area contributed by atoms with Crippen LogP contribution in [0.25, 0.3) is 0 Å². The van der Waals surface area contributed by atoms with Crippen LogP contribution in [0.1, 0.15) is 27.2 Å². The lowest BCUT2D eigenvalue weighted by Gasteiger charge is -2.49. The van der Waals surface area contributed by atoms with E-state index < -0.39 is 58.0 Å². The number of aromatic nitrogens is 4. The van der Waals surface area contributed by atoms with E-state index >= 15 is 0 Å². The zero-order valence-corrected chi connectivity index (χ0v) is 24.5. The molecule has 5 heterocycles. The molecule has 5 rings (SSSR count). The molecule has 0 saturated carbocycles. The molecule has 0 aliphatic carbocycles. The van der Waals surface area contributed by atoms with Gasteiger partial charge < -0.3 is 31.8 Å². The van der Waals surface area contributed by atoms with Crippen molar-refractivity contribution in [3.05, 3.63) is 55.5 Å². The molecule has 20 heteroatoms. The predicted molar refractivity (Wildman–Crippen MR) is 151 cm³/mol. The normalized spacial score (nSPS) is 18.7. The minimum absolute atomic E-state index is 0.0197. The molecular formula is C22H20N8O8S4. The number of carbonyl (C=O) groups is 4. The van der Waals surface area contributed by atoms with E-state index in [2.05, 4.69) is 25.8 Å². The van der Waals surface area contributed by atoms with Gasteiger partial charge in [-0.25, -0.2) is 9.78 Å². The number of nitrogens with one attached hydrogen (secondary N) is 2. The molecular weight excluding hydrogens is 633 g/mol. The number of fused-ring (bicyclic) bond motifs is 1. The Hall–Kier alpha value is -4.14. The van der Waals surface area contributed by atoms with E-state index in [0.29, 0.717) is 22.2 Å². The third kappa shape index (κ3) is 5.65. The van der Waals surface area contributed by atoms with Gasteiger partial charge in [0.05, 0.1) is 11.9 Å². The van der Waals surface area contributed by atoms with E-state index in [1.165, 1.54) is 40.2 Å². The Morgan fingerprint density at radius 3 is 2.69 bits per heavy atom. The van der Waals surface area contributed by atoms with Crippen LogP contribution in [-0.4, -0.2) is 86.8 Å². The Morgan fingerprint density at radius 1 is 1.29 bits per heavy atom. The highest BCUT2D eigenvalue weighted by atomic mass is 32.2. The van der Waals surface area contributed by atoms with Gasteiger partial charge in [-0.1, -0.05) is 23.1 Å². The van der Waals surface area contributed by atoms with E-state index in [1.54, 1.807) is 6.92 Å². The number of hydrogen-bond donors (Lipinski definition) is 6. The number of aliphatic carboxylic acids is 1. The number of rotatable bonds is 9. The number of hydrogen-bond acceptors (Lipinski definition) is 15. The maximum Gasteiger partial charge on any atom is 0.352 e. The van der Waals surface area contributed by atoms with Crippen molar-refractivity contribution < 1.29 is 34.6 Å². The summed E-state index contributed by atoms with van der Waals surface area (Å²) in [6.45, 7) is 1.80. The zero-order valence-electron chi connectivity index (χ0n) is 21.2. The van der Waals surface area contributed by atoms with Gasteiger partial charge in [-0.15, -0.1) is 33.3 Å². The summed E-state index contributed by atoms with van der Waals surface area (Å²) in [6, 6.07) is -1.96. The first kappa shape index (κ1) is 29.4. The zero-order chi connectivity index (χ0) is 30.3. The van der Waals surface area contributed by atoms with Crippen LogP contribution < -0.4 is 21.8 Å². The van der Waals surface area contributed by atoms with Gasteiger partial charge in [0.15, 0.2) is 21.3 Å². The smallest absolute Gasteiger partial charge is 0.352 e. The highest BCUT2D eigenvalue weighted by Gasteiger charge is 2.54. The number of carboxylic acids is 1. The Morgan fingerprint density at radius 2 is 2.05 bits per heavy atom. The van der Waals surface area contributed by atoms with Crippen LogP contribution in [0, 0.1) is 6.92 Å². The summed E-state index contributed by atoms with van der Waals surface area (Å²) < 4.78 is 0.878. The number of thioether (sulfide) groups is 2. The molecule has 0 bridgehead atoms. The maximum atomic E-state index is 13.4. The van der Waals surface area contributed by atoms with Gasteiger partial charge in [-0.2, -0.15) is 4.73 Å². The number of nitrogens with zero attached hydrogens (tertiary/aromatic N) is 5. The van der Waals surface area contributed by atoms with Gasteiger partial charge in [0.2, 0.25) is 11.3 Å². The highest BCUT2D eigenvalue weighted by Crippen LogP contribution is 2.42. The summed E-state index contributed by atoms with van der Waals surface area (Å²) in [4.78, 5) is 68.6. The molecule has 1 fully saturated rings. The van der Waals surface area contributed by atoms with Crippen LogP contribution >= 0.6 is 46.2 Å². The fraction of sp³-hybridized carbons (Fsp3) is 0.273. The number of carboxylic acid groups (broad SMARTS) is 1. The second-order valence-corrected chi connectivity index (χ2v) is 13.2. The Bertz CT molecular complexity index is 1700. The van der Waals surface area contributed by atoms with E-state index in [-0.39, 0.29) is 32.8 Å². The molecule has 42 heavy (non-hydrogen) atoms. The number of aryl methyl sites for hydroxylation is 1. The molecule has 2 aliphatic rings. The summed E-state index contributed by atoms with van der Waals surface area (Å²) in [6.07, 6.45) is 0.615. The highest BCUT2D eigenvalue weighted by molar-refractivity contribution is 8.01. The summed E-state index contributed by atoms with van der Waals surface area (Å²) in [5.41, 5.74) is 4.55. The van der Waals surface area contributed by atoms with Gasteiger partial charge in [0.25, 0.3) is 11.8 Å². The lowest BCUT2D eigenvalue weighted by atomic mass is 10.0. The lowest BCUT2D eigenvalue weighted by Crippen LogP contribution is -2.71. The van der Waals surface area contributed by atoms with Crippen molar-refractivity contribution in [1.82, 2.24) is 35.4 Å². The molecule has 220 valence electrons.